The van der Waals surface area contributed by atoms with Crippen LogP contribution in [0, 0.1) is 13.8 Å². The summed E-state index contributed by atoms with van der Waals surface area (Å²) in [5, 5.41) is 6.96. The second-order valence-electron chi connectivity index (χ2n) is 7.37. The van der Waals surface area contributed by atoms with E-state index in [1.54, 1.807) is 0 Å². The zero-order valence-electron chi connectivity index (χ0n) is 17.1. The van der Waals surface area contributed by atoms with Gasteiger partial charge in [0.05, 0.1) is 29.2 Å². The maximum atomic E-state index is 12.5. The number of carbonyl (C=O) groups excluding carboxylic acids is 1. The molecule has 0 unspecified atom stereocenters. The first kappa shape index (κ1) is 18.9. The van der Waals surface area contributed by atoms with E-state index in [1.165, 1.54) is 0 Å². The van der Waals surface area contributed by atoms with E-state index in [0.29, 0.717) is 5.76 Å². The zero-order valence-corrected chi connectivity index (χ0v) is 17.1. The van der Waals surface area contributed by atoms with Crippen LogP contribution >= 0.6 is 0 Å². The summed E-state index contributed by atoms with van der Waals surface area (Å²) in [6.45, 7) is 6.94. The van der Waals surface area contributed by atoms with Gasteiger partial charge in [-0.05, 0) is 50.1 Å². The lowest BCUT2D eigenvalue weighted by atomic mass is 10.0. The number of anilines is 2. The van der Waals surface area contributed by atoms with Gasteiger partial charge in [-0.25, -0.2) is 0 Å². The molecule has 1 amide bonds. The van der Waals surface area contributed by atoms with Gasteiger partial charge in [-0.3, -0.25) is 9.79 Å². The highest BCUT2D eigenvalue weighted by Gasteiger charge is 2.20. The van der Waals surface area contributed by atoms with E-state index in [9.17, 15) is 4.79 Å². The van der Waals surface area contributed by atoms with E-state index in [4.69, 9.17) is 9.52 Å². The molecule has 0 radical (unpaired) electrons. The minimum absolute atomic E-state index is 0.0700. The van der Waals surface area contributed by atoms with Crippen molar-refractivity contribution in [2.45, 2.75) is 27.2 Å². The van der Waals surface area contributed by atoms with E-state index >= 15 is 0 Å². The number of rotatable bonds is 4. The first-order chi connectivity index (χ1) is 13.9. The fourth-order valence-corrected chi connectivity index (χ4v) is 3.51. The molecule has 2 heterocycles. The van der Waals surface area contributed by atoms with Gasteiger partial charge in [-0.15, -0.1) is 0 Å². The van der Waals surface area contributed by atoms with Crippen molar-refractivity contribution in [1.29, 1.82) is 0 Å². The second-order valence-corrected chi connectivity index (χ2v) is 7.37. The number of nitrogens with zero attached hydrogens (tertiary/aromatic N) is 3. The lowest BCUT2D eigenvalue weighted by molar-refractivity contribution is -0.115. The van der Waals surface area contributed by atoms with Crippen molar-refractivity contribution in [3.8, 4) is 11.3 Å². The normalized spacial score (nSPS) is 13.4. The number of benzene rings is 2. The SMILES string of the molecule is CCN(C)c1cc2c(cc1C)NC(=O)CC(c1cccc(-c3cc(C)no3)c1)=N2. The number of nitrogens with one attached hydrogen (secondary N) is 1. The number of aliphatic imine (C=N–C) groups is 1. The highest BCUT2D eigenvalue weighted by atomic mass is 16.5. The van der Waals surface area contributed by atoms with Crippen molar-refractivity contribution in [2.75, 3.05) is 23.8 Å². The summed E-state index contributed by atoms with van der Waals surface area (Å²) >= 11 is 0. The van der Waals surface area contributed by atoms with Crippen LogP contribution in [-0.4, -0.2) is 30.4 Å². The molecule has 1 aliphatic heterocycles. The van der Waals surface area contributed by atoms with Crippen LogP contribution in [0.15, 0.2) is 52.0 Å². The molecule has 29 heavy (non-hydrogen) atoms. The maximum absolute atomic E-state index is 12.5. The number of aromatic nitrogens is 1. The summed E-state index contributed by atoms with van der Waals surface area (Å²) in [5.74, 6) is 0.630. The Balaban J connectivity index is 1.79. The fraction of sp³-hybridized carbons (Fsp3) is 0.261. The molecule has 1 aromatic heterocycles. The summed E-state index contributed by atoms with van der Waals surface area (Å²) in [4.78, 5) is 19.6. The van der Waals surface area contributed by atoms with Crippen molar-refractivity contribution in [3.05, 3.63) is 59.3 Å². The average Bonchev–Trinajstić information content (AvgIpc) is 3.07. The molecule has 0 spiro atoms. The monoisotopic (exact) mass is 388 g/mol. The highest BCUT2D eigenvalue weighted by molar-refractivity contribution is 6.17. The van der Waals surface area contributed by atoms with Gasteiger partial charge in [0.1, 0.15) is 0 Å². The molecule has 6 heteroatoms. The molecular weight excluding hydrogens is 364 g/mol. The number of amides is 1. The lowest BCUT2D eigenvalue weighted by Crippen LogP contribution is -2.17. The Hall–Kier alpha value is -3.41. The molecular formula is C23H24N4O2. The third-order valence-electron chi connectivity index (χ3n) is 5.17. The van der Waals surface area contributed by atoms with E-state index in [2.05, 4.69) is 29.3 Å². The van der Waals surface area contributed by atoms with Gasteiger partial charge in [-0.1, -0.05) is 23.4 Å². The quantitative estimate of drug-likeness (QED) is 0.692. The van der Waals surface area contributed by atoms with Gasteiger partial charge < -0.3 is 14.7 Å². The number of carbonyl (C=O) groups is 1. The molecule has 148 valence electrons. The number of hydrogen-bond donors (Lipinski definition) is 1. The molecule has 0 atom stereocenters. The fourth-order valence-electron chi connectivity index (χ4n) is 3.51. The van der Waals surface area contributed by atoms with E-state index in [-0.39, 0.29) is 12.3 Å². The summed E-state index contributed by atoms with van der Waals surface area (Å²) in [6.07, 6.45) is 0.214. The zero-order chi connectivity index (χ0) is 20.5. The third kappa shape index (κ3) is 3.78. The van der Waals surface area contributed by atoms with Crippen LogP contribution in [0.2, 0.25) is 0 Å². The van der Waals surface area contributed by atoms with Crippen molar-refractivity contribution >= 4 is 28.7 Å². The van der Waals surface area contributed by atoms with Gasteiger partial charge in [0.2, 0.25) is 5.91 Å². The van der Waals surface area contributed by atoms with E-state index in [0.717, 1.165) is 51.7 Å². The van der Waals surface area contributed by atoms with Crippen LogP contribution in [0.4, 0.5) is 17.1 Å². The average molecular weight is 388 g/mol. The Morgan fingerprint density at radius 2 is 1.93 bits per heavy atom. The molecule has 0 bridgehead atoms. The molecule has 0 saturated heterocycles. The minimum atomic E-state index is -0.0700. The van der Waals surface area contributed by atoms with Gasteiger partial charge in [-0.2, -0.15) is 0 Å². The smallest absolute Gasteiger partial charge is 0.230 e. The molecule has 2 aromatic carbocycles. The predicted octanol–water partition coefficient (Wildman–Crippen LogP) is 4.88. The minimum Gasteiger partial charge on any atom is -0.375 e. The Morgan fingerprint density at radius 3 is 2.66 bits per heavy atom. The molecule has 0 saturated carbocycles. The Labute approximate surface area is 170 Å². The second kappa shape index (κ2) is 7.54. The van der Waals surface area contributed by atoms with Gasteiger partial charge in [0.25, 0.3) is 0 Å². The largest absolute Gasteiger partial charge is 0.375 e. The van der Waals surface area contributed by atoms with Crippen molar-refractivity contribution in [3.63, 3.8) is 0 Å². The summed E-state index contributed by atoms with van der Waals surface area (Å²) < 4.78 is 5.39. The van der Waals surface area contributed by atoms with Crippen molar-refractivity contribution in [2.24, 2.45) is 4.99 Å². The topological polar surface area (TPSA) is 70.7 Å². The molecule has 1 aliphatic rings. The van der Waals surface area contributed by atoms with Crippen LogP contribution in [-0.2, 0) is 4.79 Å². The van der Waals surface area contributed by atoms with E-state index in [1.807, 2.05) is 56.3 Å². The van der Waals surface area contributed by atoms with E-state index < -0.39 is 0 Å². The lowest BCUT2D eigenvalue weighted by Gasteiger charge is -2.21. The molecule has 4 rings (SSSR count). The Bertz CT molecular complexity index is 1110. The molecule has 1 N–H and O–H groups in total. The third-order valence-corrected chi connectivity index (χ3v) is 5.17. The van der Waals surface area contributed by atoms with Crippen LogP contribution in [0.25, 0.3) is 11.3 Å². The number of fused-ring (bicyclic) bond motifs is 1. The first-order valence-corrected chi connectivity index (χ1v) is 9.72. The van der Waals surface area contributed by atoms with Crippen LogP contribution < -0.4 is 10.2 Å². The van der Waals surface area contributed by atoms with Gasteiger partial charge >= 0.3 is 0 Å². The summed E-state index contributed by atoms with van der Waals surface area (Å²) in [7, 11) is 2.05. The Morgan fingerprint density at radius 1 is 1.14 bits per heavy atom. The highest BCUT2D eigenvalue weighted by Crippen LogP contribution is 2.36. The van der Waals surface area contributed by atoms with Crippen LogP contribution in [0.1, 0.15) is 30.2 Å². The van der Waals surface area contributed by atoms with Crippen molar-refractivity contribution in [1.82, 2.24) is 5.16 Å². The summed E-state index contributed by atoms with van der Waals surface area (Å²) in [6, 6.07) is 13.8. The van der Waals surface area contributed by atoms with Gasteiger partial charge in [0.15, 0.2) is 5.76 Å². The Kier molecular flexibility index (Phi) is 4.92. The molecule has 0 aliphatic carbocycles. The number of hydrogen-bond acceptors (Lipinski definition) is 5. The summed E-state index contributed by atoms with van der Waals surface area (Å²) in [5.41, 5.74) is 7.09. The maximum Gasteiger partial charge on any atom is 0.230 e. The van der Waals surface area contributed by atoms with Gasteiger partial charge in [0, 0.05) is 30.9 Å². The predicted molar refractivity (Wildman–Crippen MR) is 116 cm³/mol. The van der Waals surface area contributed by atoms with Crippen molar-refractivity contribution < 1.29 is 9.32 Å². The first-order valence-electron chi connectivity index (χ1n) is 9.72. The van der Waals surface area contributed by atoms with Crippen LogP contribution in [0.3, 0.4) is 0 Å². The standard InChI is InChI=1S/C23H24N4O2/c1-5-27(4)21-12-20-19(9-14(21)2)25-23(28)13-18(24-20)16-7-6-8-17(11-16)22-10-15(3)26-29-22/h6-12H,5,13H2,1-4H3,(H,25,28). The molecule has 0 fully saturated rings. The van der Waals surface area contributed by atoms with Crippen LogP contribution in [0.5, 0.6) is 0 Å². The number of aryl methyl sites for hydroxylation is 2. The molecule has 6 nitrogen and oxygen atoms in total. The molecule has 3 aromatic rings.